The number of piperazine rings is 1. The van der Waals surface area contributed by atoms with Crippen molar-refractivity contribution < 1.29 is 5.11 Å². The molecule has 0 saturated carbocycles. The number of nitriles is 1. The minimum absolute atomic E-state index is 0. The Morgan fingerprint density at radius 1 is 1.23 bits per heavy atom. The molecule has 1 aliphatic heterocycles. The van der Waals surface area contributed by atoms with Crippen molar-refractivity contribution in [3.8, 4) is 11.8 Å². The topological polar surface area (TPSA) is 59.3 Å². The van der Waals surface area contributed by atoms with Gasteiger partial charge in [0.15, 0.2) is 0 Å². The largest absolute Gasteiger partial charge is 0.508 e. The average Bonchev–Trinajstić information content (AvgIpc) is 2.41. The molecular formula is C16H25Cl2N3O. The monoisotopic (exact) mass is 345 g/mol. The fourth-order valence-electron chi connectivity index (χ4n) is 2.99. The summed E-state index contributed by atoms with van der Waals surface area (Å²) < 4.78 is 0. The molecule has 2 N–H and O–H groups in total. The van der Waals surface area contributed by atoms with Crippen LogP contribution in [0, 0.1) is 16.7 Å². The molecule has 0 radical (unpaired) electrons. The Balaban J connectivity index is 0.00000220. The number of phenolic OH excluding ortho intramolecular Hbond substituents is 1. The lowest BCUT2D eigenvalue weighted by Crippen LogP contribution is -2.48. The third-order valence-electron chi connectivity index (χ3n) is 3.79. The zero-order chi connectivity index (χ0) is 14.8. The Kier molecular flexibility index (Phi) is 8.21. The summed E-state index contributed by atoms with van der Waals surface area (Å²) in [6, 6.07) is 7.39. The van der Waals surface area contributed by atoms with Gasteiger partial charge in [-0.3, -0.25) is 4.90 Å². The zero-order valence-electron chi connectivity index (χ0n) is 13.3. The van der Waals surface area contributed by atoms with Crippen LogP contribution in [0.5, 0.6) is 5.75 Å². The zero-order valence-corrected chi connectivity index (χ0v) is 14.9. The summed E-state index contributed by atoms with van der Waals surface area (Å²) in [5.41, 5.74) is 1.45. The van der Waals surface area contributed by atoms with Gasteiger partial charge < -0.3 is 10.4 Å². The lowest BCUT2D eigenvalue weighted by atomic mass is 9.80. The number of halogens is 2. The molecule has 22 heavy (non-hydrogen) atoms. The summed E-state index contributed by atoms with van der Waals surface area (Å²) in [7, 11) is 0. The van der Waals surface area contributed by atoms with Crippen LogP contribution >= 0.6 is 24.8 Å². The first-order chi connectivity index (χ1) is 9.43. The number of nitrogens with zero attached hydrogens (tertiary/aromatic N) is 2. The molecule has 6 heteroatoms. The molecule has 1 atom stereocenters. The Bertz CT molecular complexity index is 517. The smallest absolute Gasteiger partial charge is 0.120 e. The summed E-state index contributed by atoms with van der Waals surface area (Å²) in [5, 5.41) is 22.7. The van der Waals surface area contributed by atoms with Gasteiger partial charge in [0, 0.05) is 37.8 Å². The molecule has 0 aromatic heterocycles. The number of aromatic hydroxyl groups is 1. The molecule has 1 fully saturated rings. The molecule has 1 aromatic rings. The van der Waals surface area contributed by atoms with Crippen molar-refractivity contribution in [2.45, 2.75) is 26.8 Å². The van der Waals surface area contributed by atoms with Crippen molar-refractivity contribution in [3.05, 3.63) is 29.3 Å². The highest BCUT2D eigenvalue weighted by Gasteiger charge is 2.34. The molecular weight excluding hydrogens is 321 g/mol. The third kappa shape index (κ3) is 4.76. The summed E-state index contributed by atoms with van der Waals surface area (Å²) in [6.07, 6.45) is 0. The fraction of sp³-hybridized carbons (Fsp3) is 0.562. The predicted molar refractivity (Wildman–Crippen MR) is 94.0 cm³/mol. The molecule has 0 spiro atoms. The average molecular weight is 346 g/mol. The second-order valence-corrected chi connectivity index (χ2v) is 6.44. The SMILES string of the molecule is CC(C)(C)[C@@H](c1cc(C#N)ccc1O)N1CCNCC1.Cl.Cl. The van der Waals surface area contributed by atoms with Crippen LogP contribution in [0.1, 0.15) is 37.9 Å². The molecule has 4 nitrogen and oxygen atoms in total. The van der Waals surface area contributed by atoms with Crippen molar-refractivity contribution in [1.29, 1.82) is 5.26 Å². The predicted octanol–water partition coefficient (Wildman–Crippen LogP) is 3.10. The van der Waals surface area contributed by atoms with E-state index < -0.39 is 0 Å². The van der Waals surface area contributed by atoms with Gasteiger partial charge in [0.25, 0.3) is 0 Å². The van der Waals surface area contributed by atoms with E-state index in [1.54, 1.807) is 12.1 Å². The highest BCUT2D eigenvalue weighted by molar-refractivity contribution is 5.85. The molecule has 124 valence electrons. The van der Waals surface area contributed by atoms with Gasteiger partial charge in [-0.1, -0.05) is 20.8 Å². The number of nitrogens with one attached hydrogen (secondary N) is 1. The summed E-state index contributed by atoms with van der Waals surface area (Å²) in [4.78, 5) is 2.40. The van der Waals surface area contributed by atoms with Crippen LogP contribution in [0.25, 0.3) is 0 Å². The normalized spacial score (nSPS) is 16.8. The first kappa shape index (κ1) is 21.0. The van der Waals surface area contributed by atoms with E-state index in [1.165, 1.54) is 0 Å². The second kappa shape index (κ2) is 8.59. The first-order valence-corrected chi connectivity index (χ1v) is 7.11. The maximum absolute atomic E-state index is 10.2. The van der Waals surface area contributed by atoms with Crippen LogP contribution in [0.2, 0.25) is 0 Å². The molecule has 1 aliphatic rings. The molecule has 2 rings (SSSR count). The maximum atomic E-state index is 10.2. The summed E-state index contributed by atoms with van der Waals surface area (Å²) >= 11 is 0. The maximum Gasteiger partial charge on any atom is 0.120 e. The van der Waals surface area contributed by atoms with Gasteiger partial charge in [-0.2, -0.15) is 5.26 Å². The van der Waals surface area contributed by atoms with Gasteiger partial charge in [-0.05, 0) is 23.6 Å². The van der Waals surface area contributed by atoms with Gasteiger partial charge in [0.05, 0.1) is 11.6 Å². The van der Waals surface area contributed by atoms with E-state index in [0.717, 1.165) is 31.7 Å². The molecule has 0 amide bonds. The van der Waals surface area contributed by atoms with E-state index >= 15 is 0 Å². The number of phenols is 1. The number of hydrogen-bond donors (Lipinski definition) is 2. The highest BCUT2D eigenvalue weighted by atomic mass is 35.5. The van der Waals surface area contributed by atoms with Crippen molar-refractivity contribution in [2.24, 2.45) is 5.41 Å². The van der Waals surface area contributed by atoms with Crippen LogP contribution in [-0.2, 0) is 0 Å². The van der Waals surface area contributed by atoms with Crippen molar-refractivity contribution in [2.75, 3.05) is 26.2 Å². The summed E-state index contributed by atoms with van der Waals surface area (Å²) in [6.45, 7) is 10.4. The van der Waals surface area contributed by atoms with Crippen molar-refractivity contribution in [1.82, 2.24) is 10.2 Å². The minimum Gasteiger partial charge on any atom is -0.508 e. The van der Waals surface area contributed by atoms with Crippen molar-refractivity contribution in [3.63, 3.8) is 0 Å². The number of benzene rings is 1. The first-order valence-electron chi connectivity index (χ1n) is 7.11. The van der Waals surface area contributed by atoms with Crippen LogP contribution in [-0.4, -0.2) is 36.2 Å². The third-order valence-corrected chi connectivity index (χ3v) is 3.79. The van der Waals surface area contributed by atoms with Crippen LogP contribution in [0.15, 0.2) is 18.2 Å². The standard InChI is InChI=1S/C16H23N3O.2ClH/c1-16(2,3)15(19-8-6-18-7-9-19)13-10-12(11-17)4-5-14(13)20;;/h4-5,10,15,18,20H,6-9H2,1-3H3;2*1H/t15-;;/m1../s1. The van der Waals surface area contributed by atoms with Crippen LogP contribution in [0.4, 0.5) is 0 Å². The Morgan fingerprint density at radius 2 is 1.82 bits per heavy atom. The van der Waals surface area contributed by atoms with E-state index in [1.807, 2.05) is 6.07 Å². The quantitative estimate of drug-likeness (QED) is 0.864. The van der Waals surface area contributed by atoms with Gasteiger partial charge >= 0.3 is 0 Å². The highest BCUT2D eigenvalue weighted by Crippen LogP contribution is 2.41. The van der Waals surface area contributed by atoms with E-state index in [-0.39, 0.29) is 42.0 Å². The van der Waals surface area contributed by atoms with Crippen LogP contribution < -0.4 is 5.32 Å². The van der Waals surface area contributed by atoms with Gasteiger partial charge in [-0.25, -0.2) is 0 Å². The van der Waals surface area contributed by atoms with Gasteiger partial charge in [0.2, 0.25) is 0 Å². The minimum atomic E-state index is -0.0110. The molecule has 0 bridgehead atoms. The lowest BCUT2D eigenvalue weighted by molar-refractivity contribution is 0.0842. The number of rotatable bonds is 2. The van der Waals surface area contributed by atoms with Gasteiger partial charge in [0.1, 0.15) is 5.75 Å². The summed E-state index contributed by atoms with van der Waals surface area (Å²) in [5.74, 6) is 0.280. The Morgan fingerprint density at radius 3 is 2.32 bits per heavy atom. The van der Waals surface area contributed by atoms with E-state index in [2.05, 4.69) is 37.1 Å². The van der Waals surface area contributed by atoms with Crippen molar-refractivity contribution >= 4 is 24.8 Å². The molecule has 1 heterocycles. The molecule has 0 aliphatic carbocycles. The fourth-order valence-corrected chi connectivity index (χ4v) is 2.99. The Labute approximate surface area is 145 Å². The molecule has 1 aromatic carbocycles. The Hall–Kier alpha value is -0.990. The van der Waals surface area contributed by atoms with E-state index in [9.17, 15) is 5.11 Å². The number of hydrogen-bond acceptors (Lipinski definition) is 4. The van der Waals surface area contributed by atoms with Gasteiger partial charge in [-0.15, -0.1) is 24.8 Å². The molecule has 0 unspecified atom stereocenters. The van der Waals surface area contributed by atoms with Crippen LogP contribution in [0.3, 0.4) is 0 Å². The molecule has 1 saturated heterocycles. The second-order valence-electron chi connectivity index (χ2n) is 6.44. The van der Waals surface area contributed by atoms with E-state index in [0.29, 0.717) is 5.56 Å². The lowest BCUT2D eigenvalue weighted by Gasteiger charge is -2.42. The van der Waals surface area contributed by atoms with E-state index in [4.69, 9.17) is 5.26 Å².